The molecule has 20 nitrogen and oxygen atoms in total. The number of aromatic nitrogens is 3. The molecule has 0 saturated carbocycles. The van der Waals surface area contributed by atoms with Gasteiger partial charge in [0.15, 0.2) is 21.2 Å². The third kappa shape index (κ3) is 11.6. The average molecular weight is 1040 g/mol. The highest BCUT2D eigenvalue weighted by Crippen LogP contribution is 2.33. The summed E-state index contributed by atoms with van der Waals surface area (Å²) in [5.41, 5.74) is 1.23. The van der Waals surface area contributed by atoms with Gasteiger partial charge >= 0.3 is 0 Å². The van der Waals surface area contributed by atoms with E-state index in [-0.39, 0.29) is 59.6 Å². The van der Waals surface area contributed by atoms with Crippen molar-refractivity contribution in [2.75, 3.05) is 95.5 Å². The molecule has 3 amide bonds. The molecule has 0 fully saturated rings. The summed E-state index contributed by atoms with van der Waals surface area (Å²) in [5.74, 6) is -3.92. The highest BCUT2D eigenvalue weighted by molar-refractivity contribution is 7.91. The van der Waals surface area contributed by atoms with E-state index in [2.05, 4.69) is 40.6 Å². The molecule has 0 radical (unpaired) electrons. The normalized spacial score (nSPS) is 11.9. The van der Waals surface area contributed by atoms with Crippen LogP contribution in [0.25, 0.3) is 32.3 Å². The Morgan fingerprint density at radius 3 is 1.26 bits per heavy atom. The zero-order valence-corrected chi connectivity index (χ0v) is 42.9. The number of sulfone groups is 1. The summed E-state index contributed by atoms with van der Waals surface area (Å²) in [6.45, 7) is -1.24. The lowest BCUT2D eigenvalue weighted by atomic mass is 10.1. The van der Waals surface area contributed by atoms with Crippen LogP contribution in [0.4, 0.5) is 17.1 Å². The van der Waals surface area contributed by atoms with Crippen LogP contribution in [-0.4, -0.2) is 139 Å². The van der Waals surface area contributed by atoms with Crippen molar-refractivity contribution in [3.05, 3.63) is 126 Å². The molecule has 72 heavy (non-hydrogen) atoms. The maximum absolute atomic E-state index is 13.8. The van der Waals surface area contributed by atoms with Crippen molar-refractivity contribution in [1.82, 2.24) is 40.6 Å². The second kappa shape index (κ2) is 22.0. The number of nitrogens with zero attached hydrogens (tertiary/aromatic N) is 6. The molecule has 6 aromatic carbocycles. The molecule has 7 aromatic rings. The first-order valence-corrected chi connectivity index (χ1v) is 27.2. The van der Waals surface area contributed by atoms with E-state index >= 15 is 0 Å². The Hall–Kier alpha value is -7.31. The van der Waals surface area contributed by atoms with Crippen molar-refractivity contribution in [1.29, 1.82) is 0 Å². The maximum Gasteiger partial charge on any atom is 0.291 e. The van der Waals surface area contributed by atoms with E-state index in [9.17, 15) is 39.6 Å². The topological polar surface area (TPSA) is 262 Å². The highest BCUT2D eigenvalue weighted by atomic mass is 32.2. The predicted octanol–water partition coefficient (Wildman–Crippen LogP) is 3.54. The number of sulfonamides is 2. The molecule has 0 bridgehead atoms. The van der Waals surface area contributed by atoms with Gasteiger partial charge in [0.1, 0.15) is 0 Å². The number of carbonyl (C=O) groups excluding carboxylic acids is 3. The molecule has 378 valence electrons. The van der Waals surface area contributed by atoms with E-state index in [0.29, 0.717) is 16.2 Å². The summed E-state index contributed by atoms with van der Waals surface area (Å²) >= 11 is 0. The van der Waals surface area contributed by atoms with Crippen LogP contribution < -0.4 is 40.1 Å². The average Bonchev–Trinajstić information content (AvgIpc) is 3.36. The van der Waals surface area contributed by atoms with Crippen molar-refractivity contribution in [3.8, 4) is 0 Å². The van der Waals surface area contributed by atoms with Crippen molar-refractivity contribution >= 4 is 97.0 Å². The van der Waals surface area contributed by atoms with Gasteiger partial charge in [0.2, 0.25) is 25.9 Å². The lowest BCUT2D eigenvalue weighted by molar-refractivity contribution is 0.0903. The first-order chi connectivity index (χ1) is 34.2. The molecule has 7 rings (SSSR count). The molecule has 5 N–H and O–H groups in total. The zero-order chi connectivity index (χ0) is 52.0. The second-order valence-electron chi connectivity index (χ2n) is 17.1. The summed E-state index contributed by atoms with van der Waals surface area (Å²) in [4.78, 5) is 50.6. The monoisotopic (exact) mass is 1040 g/mol. The number of fused-ring (bicyclic) bond motifs is 3. The van der Waals surface area contributed by atoms with E-state index in [0.717, 1.165) is 33.2 Å². The van der Waals surface area contributed by atoms with Gasteiger partial charge in [0, 0.05) is 124 Å². The Balaban J connectivity index is 1.04. The fourth-order valence-corrected chi connectivity index (χ4v) is 12.2. The molecule has 0 saturated heterocycles. The molecular formula is C49H55N11O9S3. The zero-order valence-electron chi connectivity index (χ0n) is 40.4. The SMILES string of the molecule is CN(C)c1cccc2c(S(=O)(=O)CCCNC(=O)c3nc(C(=O)NCCNS(=O)(=O)c4cccc5c(N(C)C)cccc45)nnc3C(=O)NCCNS(=O)(=O)c3cccc4c(N(C)C)cccc34)cccc12. The molecule has 1 heterocycles. The largest absolute Gasteiger partial charge is 0.377 e. The number of rotatable bonds is 21. The van der Waals surface area contributed by atoms with Crippen LogP contribution in [0.1, 0.15) is 38.0 Å². The van der Waals surface area contributed by atoms with Crippen LogP contribution in [0, 0.1) is 0 Å². The van der Waals surface area contributed by atoms with Crippen molar-refractivity contribution < 1.29 is 39.6 Å². The fourth-order valence-electron chi connectivity index (χ4n) is 8.14. The molecular weight excluding hydrogens is 983 g/mol. The maximum atomic E-state index is 13.8. The van der Waals surface area contributed by atoms with Crippen LogP contribution >= 0.6 is 0 Å². The van der Waals surface area contributed by atoms with Gasteiger partial charge in [-0.1, -0.05) is 72.8 Å². The van der Waals surface area contributed by atoms with E-state index in [4.69, 9.17) is 0 Å². The van der Waals surface area contributed by atoms with Gasteiger partial charge in [-0.2, -0.15) is 0 Å². The second-order valence-corrected chi connectivity index (χ2v) is 22.7. The Kier molecular flexibility index (Phi) is 16.0. The van der Waals surface area contributed by atoms with E-state index in [1.54, 1.807) is 54.6 Å². The van der Waals surface area contributed by atoms with Gasteiger partial charge in [-0.25, -0.2) is 39.7 Å². The number of nitrogens with one attached hydrogen (secondary N) is 5. The molecule has 0 aliphatic carbocycles. The molecule has 0 aliphatic rings. The van der Waals surface area contributed by atoms with Crippen LogP contribution in [0.5, 0.6) is 0 Å². The molecule has 1 aromatic heterocycles. The number of anilines is 3. The highest BCUT2D eigenvalue weighted by Gasteiger charge is 2.27. The lowest BCUT2D eigenvalue weighted by Crippen LogP contribution is -2.38. The van der Waals surface area contributed by atoms with Crippen molar-refractivity contribution in [2.45, 2.75) is 21.1 Å². The Morgan fingerprint density at radius 1 is 0.431 bits per heavy atom. The van der Waals surface area contributed by atoms with Gasteiger partial charge in [-0.05, 0) is 42.8 Å². The Morgan fingerprint density at radius 2 is 0.806 bits per heavy atom. The van der Waals surface area contributed by atoms with Gasteiger partial charge in [-0.3, -0.25) is 14.4 Å². The van der Waals surface area contributed by atoms with Crippen molar-refractivity contribution in [2.24, 2.45) is 0 Å². The van der Waals surface area contributed by atoms with E-state index in [1.807, 2.05) is 93.4 Å². The number of amides is 3. The number of carbonyl (C=O) groups is 3. The molecule has 23 heteroatoms. The third-order valence-electron chi connectivity index (χ3n) is 11.5. The van der Waals surface area contributed by atoms with Gasteiger partial charge in [0.25, 0.3) is 17.7 Å². The summed E-state index contributed by atoms with van der Waals surface area (Å²) in [7, 11) is -0.894. The Bertz CT molecular complexity index is 3560. The standard InChI is InChI=1S/C49H55N11O9S3/c1-58(2)38-20-7-17-35-32(38)14-10-23-41(35)70(64,65)31-13-26-50-47(61)44-45(48(62)51-27-29-53-71(66,67)42-24-11-15-33-36(42)18-8-21-39(33)59(3)4)56-57-46(55-44)49(63)52-28-30-54-72(68,69)43-25-12-16-34-37(43)19-9-22-40(34)60(5)6/h7-12,14-25,53-54H,13,26-31H2,1-6H3,(H,50,61)(H,51,62)(H,52,63). The van der Waals surface area contributed by atoms with Gasteiger partial charge in [-0.15, -0.1) is 10.2 Å². The molecule has 0 spiro atoms. The minimum absolute atomic E-state index is 0.0298. The summed E-state index contributed by atoms with van der Waals surface area (Å²) in [6.07, 6.45) is -0.0516. The van der Waals surface area contributed by atoms with E-state index in [1.165, 1.54) is 18.2 Å². The predicted molar refractivity (Wildman–Crippen MR) is 279 cm³/mol. The van der Waals surface area contributed by atoms with Crippen molar-refractivity contribution in [3.63, 3.8) is 0 Å². The Labute approximate surface area is 418 Å². The third-order valence-corrected chi connectivity index (χ3v) is 16.4. The number of hydrogen-bond acceptors (Lipinski definition) is 15. The number of hydrogen-bond donors (Lipinski definition) is 5. The van der Waals surface area contributed by atoms with Crippen LogP contribution in [0.2, 0.25) is 0 Å². The number of benzene rings is 6. The minimum atomic E-state index is -4.08. The smallest absolute Gasteiger partial charge is 0.291 e. The quantitative estimate of drug-likeness (QED) is 0.0645. The first kappa shape index (κ1) is 52.5. The van der Waals surface area contributed by atoms with Gasteiger partial charge < -0.3 is 30.7 Å². The minimum Gasteiger partial charge on any atom is -0.377 e. The summed E-state index contributed by atoms with van der Waals surface area (Å²) in [5, 5.41) is 18.9. The lowest BCUT2D eigenvalue weighted by Gasteiger charge is -2.17. The van der Waals surface area contributed by atoms with Crippen LogP contribution in [0.15, 0.2) is 124 Å². The van der Waals surface area contributed by atoms with E-state index < -0.39 is 64.8 Å². The molecule has 0 atom stereocenters. The van der Waals surface area contributed by atoms with Gasteiger partial charge in [0.05, 0.1) is 20.4 Å². The fraction of sp³-hybridized carbons (Fsp3) is 0.265. The van der Waals surface area contributed by atoms with Crippen LogP contribution in [-0.2, 0) is 29.9 Å². The van der Waals surface area contributed by atoms with Crippen LogP contribution in [0.3, 0.4) is 0 Å². The molecule has 0 unspecified atom stereocenters. The summed E-state index contributed by atoms with van der Waals surface area (Å²) < 4.78 is 86.2. The molecule has 0 aliphatic heterocycles. The first-order valence-electron chi connectivity index (χ1n) is 22.6. The summed E-state index contributed by atoms with van der Waals surface area (Å²) in [6, 6.07) is 30.9.